The molecule has 0 unspecified atom stereocenters. The van der Waals surface area contributed by atoms with Gasteiger partial charge < -0.3 is 10.2 Å². The number of hydrogen-bond donors (Lipinski definition) is 2. The van der Waals surface area contributed by atoms with E-state index < -0.39 is 33.2 Å². The van der Waals surface area contributed by atoms with Gasteiger partial charge in [0.2, 0.25) is 0 Å². The average molecular weight is 210 g/mol. The molecule has 5 heteroatoms. The van der Waals surface area contributed by atoms with E-state index in [1.807, 2.05) is 0 Å². The standard InChI is InChI=1S/C8H18O4S/c1-8(2,3)7(10)6(5-9)13(4,11)12/h6-7,9-10H,5H2,1-4H3/t6-,7-/m0/s1. The number of sulfone groups is 1. The largest absolute Gasteiger partial charge is 0.395 e. The van der Waals surface area contributed by atoms with Crippen LogP contribution in [0.3, 0.4) is 0 Å². The highest BCUT2D eigenvalue weighted by Crippen LogP contribution is 2.24. The predicted molar refractivity (Wildman–Crippen MR) is 51.2 cm³/mol. The van der Waals surface area contributed by atoms with Crippen LogP contribution in [0.4, 0.5) is 0 Å². The number of aliphatic hydroxyl groups is 2. The Kier molecular flexibility index (Phi) is 3.90. The van der Waals surface area contributed by atoms with Gasteiger partial charge in [-0.25, -0.2) is 8.42 Å². The van der Waals surface area contributed by atoms with Crippen molar-refractivity contribution in [3.8, 4) is 0 Å². The molecule has 0 bridgehead atoms. The lowest BCUT2D eigenvalue weighted by molar-refractivity contribution is 0.0441. The van der Waals surface area contributed by atoms with Crippen LogP contribution in [0.1, 0.15) is 20.8 Å². The zero-order valence-corrected chi connectivity index (χ0v) is 9.30. The van der Waals surface area contributed by atoms with Crippen LogP contribution in [-0.4, -0.2) is 42.8 Å². The molecule has 0 heterocycles. The minimum Gasteiger partial charge on any atom is -0.395 e. The van der Waals surface area contributed by atoms with Crippen LogP contribution in [-0.2, 0) is 9.84 Å². The molecule has 0 aromatic heterocycles. The molecule has 0 fully saturated rings. The second kappa shape index (κ2) is 3.94. The predicted octanol–water partition coefficient (Wildman–Crippen LogP) is -0.201. The first-order chi connectivity index (χ1) is 5.60. The van der Waals surface area contributed by atoms with Crippen LogP contribution in [0, 0.1) is 5.41 Å². The third kappa shape index (κ3) is 3.62. The van der Waals surface area contributed by atoms with Crippen LogP contribution in [0.5, 0.6) is 0 Å². The summed E-state index contributed by atoms with van der Waals surface area (Å²) in [6.07, 6.45) is -0.0319. The zero-order chi connectivity index (χ0) is 10.9. The average Bonchev–Trinajstić information content (AvgIpc) is 1.83. The monoisotopic (exact) mass is 210 g/mol. The molecule has 0 saturated carbocycles. The maximum absolute atomic E-state index is 11.1. The van der Waals surface area contributed by atoms with Gasteiger partial charge in [-0.15, -0.1) is 0 Å². The maximum Gasteiger partial charge on any atom is 0.155 e. The van der Waals surface area contributed by atoms with Gasteiger partial charge in [-0.3, -0.25) is 0 Å². The molecule has 0 rings (SSSR count). The Labute approximate surface area is 79.5 Å². The van der Waals surface area contributed by atoms with E-state index in [1.165, 1.54) is 0 Å². The minimum absolute atomic E-state index is 0.544. The van der Waals surface area contributed by atoms with Crippen molar-refractivity contribution >= 4 is 9.84 Å². The molecular weight excluding hydrogens is 192 g/mol. The summed E-state index contributed by atoms with van der Waals surface area (Å²) in [7, 11) is -3.40. The number of hydrogen-bond acceptors (Lipinski definition) is 4. The summed E-state index contributed by atoms with van der Waals surface area (Å²) in [5.74, 6) is 0. The molecule has 0 aromatic carbocycles. The Morgan fingerprint density at radius 3 is 1.77 bits per heavy atom. The summed E-state index contributed by atoms with van der Waals surface area (Å²) in [5, 5.41) is 17.4. The third-order valence-electron chi connectivity index (χ3n) is 1.97. The van der Waals surface area contributed by atoms with Gasteiger partial charge >= 0.3 is 0 Å². The van der Waals surface area contributed by atoms with Crippen molar-refractivity contribution in [3.63, 3.8) is 0 Å². The van der Waals surface area contributed by atoms with Gasteiger partial charge in [-0.2, -0.15) is 0 Å². The van der Waals surface area contributed by atoms with Crippen LogP contribution >= 0.6 is 0 Å². The van der Waals surface area contributed by atoms with Crippen LogP contribution in [0.15, 0.2) is 0 Å². The second-order valence-corrected chi connectivity index (χ2v) is 6.63. The molecule has 80 valence electrons. The van der Waals surface area contributed by atoms with E-state index in [-0.39, 0.29) is 0 Å². The molecule has 13 heavy (non-hydrogen) atoms. The summed E-state index contributed by atoms with van der Waals surface area (Å²) >= 11 is 0. The first kappa shape index (κ1) is 12.9. The van der Waals surface area contributed by atoms with E-state index in [0.717, 1.165) is 6.26 Å². The lowest BCUT2D eigenvalue weighted by atomic mass is 9.87. The third-order valence-corrected chi connectivity index (χ3v) is 3.48. The molecule has 4 nitrogen and oxygen atoms in total. The Balaban J connectivity index is 4.82. The van der Waals surface area contributed by atoms with Crippen LogP contribution in [0.2, 0.25) is 0 Å². The van der Waals surface area contributed by atoms with Gasteiger partial charge in [0.25, 0.3) is 0 Å². The van der Waals surface area contributed by atoms with Gasteiger partial charge in [-0.05, 0) is 5.41 Å². The molecule has 0 aliphatic rings. The van der Waals surface area contributed by atoms with Gasteiger partial charge in [-0.1, -0.05) is 20.8 Å². The van der Waals surface area contributed by atoms with E-state index in [0.29, 0.717) is 0 Å². The first-order valence-electron chi connectivity index (χ1n) is 4.08. The van der Waals surface area contributed by atoms with Crippen molar-refractivity contribution in [1.29, 1.82) is 0 Å². The lowest BCUT2D eigenvalue weighted by Gasteiger charge is -2.30. The molecule has 0 aromatic rings. The Bertz CT molecular complexity index is 250. The van der Waals surface area contributed by atoms with Crippen LogP contribution in [0.25, 0.3) is 0 Å². The molecule has 0 spiro atoms. The highest BCUT2D eigenvalue weighted by molar-refractivity contribution is 7.91. The summed E-state index contributed by atoms with van der Waals surface area (Å²) < 4.78 is 22.3. The van der Waals surface area contributed by atoms with E-state index in [9.17, 15) is 13.5 Å². The van der Waals surface area contributed by atoms with Gasteiger partial charge in [0.1, 0.15) is 5.25 Å². The molecule has 0 aliphatic heterocycles. The molecule has 0 amide bonds. The van der Waals surface area contributed by atoms with Gasteiger partial charge in [0.15, 0.2) is 9.84 Å². The minimum atomic E-state index is -3.40. The number of aliphatic hydroxyl groups excluding tert-OH is 2. The smallest absolute Gasteiger partial charge is 0.155 e. The second-order valence-electron chi connectivity index (χ2n) is 4.36. The molecule has 2 N–H and O–H groups in total. The van der Waals surface area contributed by atoms with Crippen molar-refractivity contribution < 1.29 is 18.6 Å². The normalized spacial score (nSPS) is 18.3. The first-order valence-corrected chi connectivity index (χ1v) is 6.04. The van der Waals surface area contributed by atoms with Crippen molar-refractivity contribution in [2.24, 2.45) is 5.41 Å². The van der Waals surface area contributed by atoms with E-state index in [4.69, 9.17) is 5.11 Å². The molecule has 0 aliphatic carbocycles. The van der Waals surface area contributed by atoms with E-state index >= 15 is 0 Å². The van der Waals surface area contributed by atoms with Crippen LogP contribution < -0.4 is 0 Å². The maximum atomic E-state index is 11.1. The fourth-order valence-corrected chi connectivity index (χ4v) is 2.17. The Hall–Kier alpha value is -0.130. The summed E-state index contributed by atoms with van der Waals surface area (Å²) in [5.41, 5.74) is -0.545. The van der Waals surface area contributed by atoms with E-state index in [1.54, 1.807) is 20.8 Å². The SMILES string of the molecule is CC(C)(C)[C@@H](O)[C@H](CO)S(C)(=O)=O. The number of rotatable bonds is 3. The fraction of sp³-hybridized carbons (Fsp3) is 1.00. The quantitative estimate of drug-likeness (QED) is 0.676. The van der Waals surface area contributed by atoms with Gasteiger partial charge in [0, 0.05) is 6.26 Å². The van der Waals surface area contributed by atoms with Gasteiger partial charge in [0.05, 0.1) is 12.7 Å². The summed E-state index contributed by atoms with van der Waals surface area (Å²) in [4.78, 5) is 0. The van der Waals surface area contributed by atoms with Crippen molar-refractivity contribution in [1.82, 2.24) is 0 Å². The molecule has 2 atom stereocenters. The van der Waals surface area contributed by atoms with Crippen molar-refractivity contribution in [2.45, 2.75) is 32.1 Å². The summed E-state index contributed by atoms with van der Waals surface area (Å²) in [6.45, 7) is 4.64. The highest BCUT2D eigenvalue weighted by Gasteiger charge is 2.36. The zero-order valence-electron chi connectivity index (χ0n) is 8.48. The summed E-state index contributed by atoms with van der Waals surface area (Å²) in [6, 6.07) is 0. The lowest BCUT2D eigenvalue weighted by Crippen LogP contribution is -2.44. The van der Waals surface area contributed by atoms with Crippen molar-refractivity contribution in [3.05, 3.63) is 0 Å². The molecule has 0 saturated heterocycles. The molecular formula is C8H18O4S. The van der Waals surface area contributed by atoms with Crippen molar-refractivity contribution in [2.75, 3.05) is 12.9 Å². The highest BCUT2D eigenvalue weighted by atomic mass is 32.2. The Morgan fingerprint density at radius 1 is 1.31 bits per heavy atom. The Morgan fingerprint density at radius 2 is 1.69 bits per heavy atom. The fourth-order valence-electron chi connectivity index (χ4n) is 1.03. The topological polar surface area (TPSA) is 74.6 Å². The molecule has 0 radical (unpaired) electrons. The van der Waals surface area contributed by atoms with E-state index in [2.05, 4.69) is 0 Å².